The highest BCUT2D eigenvalue weighted by atomic mass is 16.2. The van der Waals surface area contributed by atoms with E-state index < -0.39 is 5.91 Å². The first kappa shape index (κ1) is 9.17. The highest BCUT2D eigenvalue weighted by Gasteiger charge is 1.93. The largest absolute Gasteiger partial charge is 0.396 e. The van der Waals surface area contributed by atoms with Gasteiger partial charge in [0.05, 0.1) is 0 Å². The number of allylic oxidation sites excluding steroid dienone is 1. The van der Waals surface area contributed by atoms with Gasteiger partial charge < -0.3 is 10.8 Å². The SMILES string of the molecule is C/C(=C\CCCO)C(N)=O. The summed E-state index contributed by atoms with van der Waals surface area (Å²) >= 11 is 0. The second-order valence-electron chi connectivity index (χ2n) is 2.12. The van der Waals surface area contributed by atoms with E-state index in [1.807, 2.05) is 0 Å². The van der Waals surface area contributed by atoms with Crippen LogP contribution in [-0.4, -0.2) is 17.6 Å². The van der Waals surface area contributed by atoms with E-state index in [0.717, 1.165) is 0 Å². The molecule has 0 aliphatic carbocycles. The van der Waals surface area contributed by atoms with Gasteiger partial charge in [0, 0.05) is 12.2 Å². The lowest BCUT2D eigenvalue weighted by atomic mass is 10.2. The Labute approximate surface area is 60.5 Å². The lowest BCUT2D eigenvalue weighted by Crippen LogP contribution is -2.11. The minimum Gasteiger partial charge on any atom is -0.396 e. The van der Waals surface area contributed by atoms with E-state index in [1.54, 1.807) is 13.0 Å². The van der Waals surface area contributed by atoms with Crippen molar-refractivity contribution in [2.75, 3.05) is 6.61 Å². The molecule has 0 aliphatic rings. The Morgan fingerprint density at radius 2 is 2.30 bits per heavy atom. The summed E-state index contributed by atoms with van der Waals surface area (Å²) < 4.78 is 0. The van der Waals surface area contributed by atoms with Crippen LogP contribution in [0.5, 0.6) is 0 Å². The van der Waals surface area contributed by atoms with Crippen LogP contribution >= 0.6 is 0 Å². The van der Waals surface area contributed by atoms with Crippen molar-refractivity contribution in [1.29, 1.82) is 0 Å². The maximum absolute atomic E-state index is 10.4. The molecule has 0 atom stereocenters. The first-order valence-electron chi connectivity index (χ1n) is 3.26. The zero-order valence-corrected chi connectivity index (χ0v) is 6.13. The van der Waals surface area contributed by atoms with Gasteiger partial charge in [-0.2, -0.15) is 0 Å². The van der Waals surface area contributed by atoms with Crippen LogP contribution in [0.4, 0.5) is 0 Å². The number of aliphatic hydroxyl groups excluding tert-OH is 1. The average Bonchev–Trinajstić information content (AvgIpc) is 1.88. The lowest BCUT2D eigenvalue weighted by molar-refractivity contribution is -0.114. The Bertz CT molecular complexity index is 141. The zero-order valence-electron chi connectivity index (χ0n) is 6.13. The summed E-state index contributed by atoms with van der Waals surface area (Å²) in [7, 11) is 0. The zero-order chi connectivity index (χ0) is 7.98. The molecule has 0 bridgehead atoms. The molecule has 0 saturated carbocycles. The summed E-state index contributed by atoms with van der Waals surface area (Å²) in [6.07, 6.45) is 3.13. The molecule has 0 aromatic carbocycles. The molecule has 0 aromatic rings. The Kier molecular flexibility index (Phi) is 4.58. The molecule has 0 spiro atoms. The van der Waals surface area contributed by atoms with E-state index >= 15 is 0 Å². The maximum Gasteiger partial charge on any atom is 0.244 e. The number of amides is 1. The first-order valence-corrected chi connectivity index (χ1v) is 3.26. The molecule has 3 nitrogen and oxygen atoms in total. The summed E-state index contributed by atoms with van der Waals surface area (Å²) in [5.74, 6) is -0.391. The molecule has 3 heteroatoms. The molecule has 3 N–H and O–H groups in total. The number of hydrogen-bond donors (Lipinski definition) is 2. The monoisotopic (exact) mass is 143 g/mol. The van der Waals surface area contributed by atoms with Crippen molar-refractivity contribution in [3.8, 4) is 0 Å². The van der Waals surface area contributed by atoms with E-state index in [9.17, 15) is 4.79 Å². The molecule has 10 heavy (non-hydrogen) atoms. The number of hydrogen-bond acceptors (Lipinski definition) is 2. The number of aliphatic hydroxyl groups is 1. The smallest absolute Gasteiger partial charge is 0.244 e. The Balaban J connectivity index is 3.58. The standard InChI is InChI=1S/C7H13NO2/c1-6(7(8)10)4-2-3-5-9/h4,9H,2-3,5H2,1H3,(H2,8,10)/b6-4+. The van der Waals surface area contributed by atoms with Gasteiger partial charge in [0.15, 0.2) is 0 Å². The second-order valence-corrected chi connectivity index (χ2v) is 2.12. The van der Waals surface area contributed by atoms with Gasteiger partial charge in [-0.1, -0.05) is 6.08 Å². The van der Waals surface area contributed by atoms with Crippen LogP contribution < -0.4 is 5.73 Å². The second kappa shape index (κ2) is 4.99. The quantitative estimate of drug-likeness (QED) is 0.436. The van der Waals surface area contributed by atoms with Crippen LogP contribution in [0, 0.1) is 0 Å². The van der Waals surface area contributed by atoms with E-state index in [0.29, 0.717) is 18.4 Å². The van der Waals surface area contributed by atoms with Crippen molar-refractivity contribution in [2.24, 2.45) is 5.73 Å². The number of primary amides is 1. The van der Waals surface area contributed by atoms with Crippen LogP contribution in [0.3, 0.4) is 0 Å². The summed E-state index contributed by atoms with van der Waals surface area (Å²) in [6.45, 7) is 1.82. The molecule has 0 radical (unpaired) electrons. The summed E-state index contributed by atoms with van der Waals surface area (Å²) in [5.41, 5.74) is 5.51. The minimum atomic E-state index is -0.391. The van der Waals surface area contributed by atoms with Gasteiger partial charge in [-0.05, 0) is 19.8 Å². The van der Waals surface area contributed by atoms with Crippen LogP contribution in [0.2, 0.25) is 0 Å². The summed E-state index contributed by atoms with van der Waals surface area (Å²) in [5, 5.41) is 8.37. The van der Waals surface area contributed by atoms with E-state index in [-0.39, 0.29) is 6.61 Å². The van der Waals surface area contributed by atoms with Gasteiger partial charge in [-0.3, -0.25) is 4.79 Å². The minimum absolute atomic E-state index is 0.155. The predicted molar refractivity (Wildman–Crippen MR) is 39.3 cm³/mol. The van der Waals surface area contributed by atoms with Crippen molar-refractivity contribution in [3.05, 3.63) is 11.6 Å². The number of rotatable bonds is 4. The highest BCUT2D eigenvalue weighted by Crippen LogP contribution is 1.96. The van der Waals surface area contributed by atoms with Gasteiger partial charge >= 0.3 is 0 Å². The van der Waals surface area contributed by atoms with Gasteiger partial charge in [-0.15, -0.1) is 0 Å². The normalized spacial score (nSPS) is 11.6. The Morgan fingerprint density at radius 3 is 2.70 bits per heavy atom. The molecule has 0 rings (SSSR count). The van der Waals surface area contributed by atoms with Crippen molar-refractivity contribution in [3.63, 3.8) is 0 Å². The Hall–Kier alpha value is -0.830. The molecule has 0 aromatic heterocycles. The van der Waals surface area contributed by atoms with Crippen molar-refractivity contribution in [1.82, 2.24) is 0 Å². The third-order valence-corrected chi connectivity index (χ3v) is 1.20. The number of carbonyl (C=O) groups excluding carboxylic acids is 1. The topological polar surface area (TPSA) is 63.3 Å². The van der Waals surface area contributed by atoms with Crippen molar-refractivity contribution in [2.45, 2.75) is 19.8 Å². The van der Waals surface area contributed by atoms with Gasteiger partial charge in [0.2, 0.25) is 5.91 Å². The lowest BCUT2D eigenvalue weighted by Gasteiger charge is -1.92. The van der Waals surface area contributed by atoms with E-state index in [1.165, 1.54) is 0 Å². The van der Waals surface area contributed by atoms with Crippen LogP contribution in [0.1, 0.15) is 19.8 Å². The molecule has 0 saturated heterocycles. The van der Waals surface area contributed by atoms with Gasteiger partial charge in [0.1, 0.15) is 0 Å². The fraction of sp³-hybridized carbons (Fsp3) is 0.571. The number of carbonyl (C=O) groups is 1. The van der Waals surface area contributed by atoms with Crippen molar-refractivity contribution < 1.29 is 9.90 Å². The Morgan fingerprint density at radius 1 is 1.70 bits per heavy atom. The van der Waals surface area contributed by atoms with Crippen LogP contribution in [0.15, 0.2) is 11.6 Å². The van der Waals surface area contributed by atoms with Crippen molar-refractivity contribution >= 4 is 5.91 Å². The van der Waals surface area contributed by atoms with E-state index in [4.69, 9.17) is 10.8 Å². The number of unbranched alkanes of at least 4 members (excludes halogenated alkanes) is 1. The van der Waals surface area contributed by atoms with E-state index in [2.05, 4.69) is 0 Å². The molecular formula is C7H13NO2. The maximum atomic E-state index is 10.4. The molecule has 58 valence electrons. The fourth-order valence-corrected chi connectivity index (χ4v) is 0.510. The fourth-order valence-electron chi connectivity index (χ4n) is 0.510. The van der Waals surface area contributed by atoms with Crippen LogP contribution in [0.25, 0.3) is 0 Å². The van der Waals surface area contributed by atoms with Gasteiger partial charge in [0.25, 0.3) is 0 Å². The third kappa shape index (κ3) is 4.09. The molecule has 1 amide bonds. The number of nitrogens with two attached hydrogens (primary N) is 1. The first-order chi connectivity index (χ1) is 4.68. The highest BCUT2D eigenvalue weighted by molar-refractivity contribution is 5.91. The molecular weight excluding hydrogens is 130 g/mol. The molecule has 0 unspecified atom stereocenters. The molecule has 0 aliphatic heterocycles. The molecule has 0 heterocycles. The third-order valence-electron chi connectivity index (χ3n) is 1.20. The predicted octanol–water partition coefficient (Wildman–Crippen LogP) is 0.191. The average molecular weight is 143 g/mol. The molecule has 0 fully saturated rings. The summed E-state index contributed by atoms with van der Waals surface area (Å²) in [6, 6.07) is 0. The summed E-state index contributed by atoms with van der Waals surface area (Å²) in [4.78, 5) is 10.4. The van der Waals surface area contributed by atoms with Gasteiger partial charge in [-0.25, -0.2) is 0 Å². The van der Waals surface area contributed by atoms with Crippen LogP contribution in [-0.2, 0) is 4.79 Å².